The molecule has 102 valence electrons. The summed E-state index contributed by atoms with van der Waals surface area (Å²) >= 11 is 1.73. The lowest BCUT2D eigenvalue weighted by atomic mass is 9.92. The molecule has 2 fully saturated rings. The number of carboxylic acids is 1. The Hall–Kier alpha value is -0.910. The van der Waals surface area contributed by atoms with E-state index in [1.54, 1.807) is 21.6 Å². The van der Waals surface area contributed by atoms with Crippen LogP contribution in [0, 0.1) is 0 Å². The summed E-state index contributed by atoms with van der Waals surface area (Å²) in [5.74, 6) is 0.809. The molecule has 1 saturated carbocycles. The molecule has 0 aromatic carbocycles. The van der Waals surface area contributed by atoms with Crippen molar-refractivity contribution < 1.29 is 14.7 Å². The highest BCUT2D eigenvalue weighted by Gasteiger charge is 2.34. The van der Waals surface area contributed by atoms with Crippen LogP contribution in [0.3, 0.4) is 0 Å². The van der Waals surface area contributed by atoms with E-state index in [4.69, 9.17) is 5.11 Å². The lowest BCUT2D eigenvalue weighted by Crippen LogP contribution is -2.54. The van der Waals surface area contributed by atoms with E-state index in [0.29, 0.717) is 12.6 Å². The second-order valence-electron chi connectivity index (χ2n) is 5.00. The molecule has 1 aliphatic carbocycles. The topological polar surface area (TPSA) is 60.9 Å². The lowest BCUT2D eigenvalue weighted by molar-refractivity contribution is -0.138. The summed E-state index contributed by atoms with van der Waals surface area (Å²) in [6.45, 7) is 0.665. The Bertz CT molecular complexity index is 333. The van der Waals surface area contributed by atoms with Crippen LogP contribution in [0.1, 0.15) is 25.7 Å². The zero-order chi connectivity index (χ0) is 13.1. The van der Waals surface area contributed by atoms with Crippen molar-refractivity contribution in [3.63, 3.8) is 0 Å². The minimum absolute atomic E-state index is 0.00579. The number of hydrogen-bond donors (Lipinski definition) is 1. The molecule has 1 unspecified atom stereocenters. The number of nitrogens with zero attached hydrogens (tertiary/aromatic N) is 2. The fraction of sp³-hybridized carbons (Fsp3) is 0.833. The average Bonchev–Trinajstić information content (AvgIpc) is 2.25. The summed E-state index contributed by atoms with van der Waals surface area (Å²) in [7, 11) is 1.84. The maximum atomic E-state index is 12.4. The molecule has 1 atom stereocenters. The standard InChI is InChI=1S/C12H20N2O3S/c1-13(9-3-2-4-9)12(17)14-5-6-18-8-10(14)7-11(15)16/h9-10H,2-8H2,1H3,(H,15,16). The normalized spacial score (nSPS) is 24.5. The Morgan fingerprint density at radius 1 is 1.44 bits per heavy atom. The highest BCUT2D eigenvalue weighted by molar-refractivity contribution is 7.99. The van der Waals surface area contributed by atoms with Crippen molar-refractivity contribution in [2.45, 2.75) is 37.8 Å². The molecule has 2 aliphatic rings. The second-order valence-corrected chi connectivity index (χ2v) is 6.15. The monoisotopic (exact) mass is 272 g/mol. The van der Waals surface area contributed by atoms with E-state index in [1.165, 1.54) is 6.42 Å². The fourth-order valence-electron chi connectivity index (χ4n) is 2.41. The predicted octanol–water partition coefficient (Wildman–Crippen LogP) is 1.48. The van der Waals surface area contributed by atoms with Crippen molar-refractivity contribution in [2.24, 2.45) is 0 Å². The van der Waals surface area contributed by atoms with Gasteiger partial charge in [0.2, 0.25) is 0 Å². The third kappa shape index (κ3) is 2.91. The van der Waals surface area contributed by atoms with Crippen molar-refractivity contribution in [1.82, 2.24) is 9.80 Å². The molecule has 5 nitrogen and oxygen atoms in total. The van der Waals surface area contributed by atoms with Gasteiger partial charge in [-0.25, -0.2) is 4.79 Å². The van der Waals surface area contributed by atoms with Crippen LogP contribution in [0.5, 0.6) is 0 Å². The Morgan fingerprint density at radius 2 is 2.17 bits per heavy atom. The largest absolute Gasteiger partial charge is 0.481 e. The number of rotatable bonds is 3. The number of urea groups is 1. The van der Waals surface area contributed by atoms with E-state index in [-0.39, 0.29) is 18.5 Å². The summed E-state index contributed by atoms with van der Waals surface area (Å²) in [6.07, 6.45) is 3.40. The van der Waals surface area contributed by atoms with Crippen molar-refractivity contribution in [3.05, 3.63) is 0 Å². The molecular weight excluding hydrogens is 252 g/mol. The predicted molar refractivity (Wildman–Crippen MR) is 70.9 cm³/mol. The van der Waals surface area contributed by atoms with Crippen molar-refractivity contribution >= 4 is 23.8 Å². The molecule has 1 saturated heterocycles. The van der Waals surface area contributed by atoms with Crippen LogP contribution in [-0.2, 0) is 4.79 Å². The van der Waals surface area contributed by atoms with Gasteiger partial charge in [-0.05, 0) is 19.3 Å². The average molecular weight is 272 g/mol. The van der Waals surface area contributed by atoms with Gasteiger partial charge in [-0.15, -0.1) is 0 Å². The quantitative estimate of drug-likeness (QED) is 0.845. The van der Waals surface area contributed by atoms with Crippen LogP contribution in [0.2, 0.25) is 0 Å². The number of hydrogen-bond acceptors (Lipinski definition) is 3. The molecule has 18 heavy (non-hydrogen) atoms. The summed E-state index contributed by atoms with van der Waals surface area (Å²) in [4.78, 5) is 26.8. The maximum Gasteiger partial charge on any atom is 0.320 e. The third-order valence-corrected chi connectivity index (χ3v) is 4.90. The highest BCUT2D eigenvalue weighted by atomic mass is 32.2. The van der Waals surface area contributed by atoms with E-state index in [9.17, 15) is 9.59 Å². The summed E-state index contributed by atoms with van der Waals surface area (Å²) < 4.78 is 0. The molecule has 1 N–H and O–H groups in total. The highest BCUT2D eigenvalue weighted by Crippen LogP contribution is 2.26. The SMILES string of the molecule is CN(C(=O)N1CCSCC1CC(=O)O)C1CCC1. The van der Waals surface area contributed by atoms with Gasteiger partial charge in [0.25, 0.3) is 0 Å². The maximum absolute atomic E-state index is 12.4. The van der Waals surface area contributed by atoms with Gasteiger partial charge in [0.15, 0.2) is 0 Å². The molecule has 6 heteroatoms. The lowest BCUT2D eigenvalue weighted by Gasteiger charge is -2.42. The van der Waals surface area contributed by atoms with E-state index in [1.807, 2.05) is 7.05 Å². The van der Waals surface area contributed by atoms with E-state index < -0.39 is 5.97 Å². The Kier molecular flexibility index (Phi) is 4.37. The van der Waals surface area contributed by atoms with Crippen LogP contribution >= 0.6 is 11.8 Å². The molecule has 0 bridgehead atoms. The van der Waals surface area contributed by atoms with E-state index >= 15 is 0 Å². The van der Waals surface area contributed by atoms with Gasteiger partial charge in [-0.1, -0.05) is 0 Å². The van der Waals surface area contributed by atoms with Crippen molar-refractivity contribution in [2.75, 3.05) is 25.1 Å². The first kappa shape index (κ1) is 13.5. The number of carbonyl (C=O) groups is 2. The number of carbonyl (C=O) groups excluding carboxylic acids is 1. The Morgan fingerprint density at radius 3 is 2.72 bits per heavy atom. The smallest absolute Gasteiger partial charge is 0.320 e. The number of carboxylic acid groups (broad SMARTS) is 1. The van der Waals surface area contributed by atoms with Crippen LogP contribution in [0.4, 0.5) is 4.79 Å². The molecule has 2 rings (SSSR count). The molecule has 1 heterocycles. The Labute approximate surface area is 112 Å². The van der Waals surface area contributed by atoms with Gasteiger partial charge in [0.05, 0.1) is 12.5 Å². The molecule has 0 aromatic rings. The molecule has 0 radical (unpaired) electrons. The zero-order valence-corrected chi connectivity index (χ0v) is 11.5. The fourth-order valence-corrected chi connectivity index (χ4v) is 3.47. The minimum atomic E-state index is -0.827. The van der Waals surface area contributed by atoms with Crippen LogP contribution in [0.15, 0.2) is 0 Å². The van der Waals surface area contributed by atoms with Gasteiger partial charge < -0.3 is 14.9 Å². The van der Waals surface area contributed by atoms with Crippen molar-refractivity contribution in [3.8, 4) is 0 Å². The first-order valence-electron chi connectivity index (χ1n) is 6.42. The number of thioether (sulfide) groups is 1. The first-order valence-corrected chi connectivity index (χ1v) is 7.58. The number of amides is 2. The molecule has 0 aromatic heterocycles. The van der Waals surface area contributed by atoms with Crippen LogP contribution in [0.25, 0.3) is 0 Å². The van der Waals surface area contributed by atoms with Crippen LogP contribution < -0.4 is 0 Å². The van der Waals surface area contributed by atoms with E-state index in [2.05, 4.69) is 0 Å². The molecule has 1 aliphatic heterocycles. The van der Waals surface area contributed by atoms with Gasteiger partial charge in [0, 0.05) is 31.1 Å². The van der Waals surface area contributed by atoms with Gasteiger partial charge in [-0.3, -0.25) is 4.79 Å². The zero-order valence-electron chi connectivity index (χ0n) is 10.7. The minimum Gasteiger partial charge on any atom is -0.481 e. The van der Waals surface area contributed by atoms with E-state index in [0.717, 1.165) is 24.3 Å². The summed E-state index contributed by atoms with van der Waals surface area (Å²) in [5, 5.41) is 8.91. The van der Waals surface area contributed by atoms with Crippen LogP contribution in [-0.4, -0.2) is 64.1 Å². The third-order valence-electron chi connectivity index (χ3n) is 3.81. The molecule has 2 amide bonds. The second kappa shape index (κ2) is 5.82. The number of aliphatic carboxylic acids is 1. The first-order chi connectivity index (χ1) is 8.59. The molecular formula is C12H20N2O3S. The van der Waals surface area contributed by atoms with Gasteiger partial charge >= 0.3 is 12.0 Å². The Balaban J connectivity index is 1.98. The van der Waals surface area contributed by atoms with Gasteiger partial charge in [-0.2, -0.15) is 11.8 Å². The van der Waals surface area contributed by atoms with Gasteiger partial charge in [0.1, 0.15) is 0 Å². The summed E-state index contributed by atoms with van der Waals surface area (Å²) in [5.41, 5.74) is 0. The van der Waals surface area contributed by atoms with Crippen molar-refractivity contribution in [1.29, 1.82) is 0 Å². The molecule has 0 spiro atoms. The summed E-state index contributed by atoms with van der Waals surface area (Å²) in [6, 6.07) is 0.208.